The van der Waals surface area contributed by atoms with E-state index in [4.69, 9.17) is 0 Å². The van der Waals surface area contributed by atoms with Gasteiger partial charge in [-0.1, -0.05) is 19.9 Å². The standard InChI is InChI=1S/C10H15N5/c1-7(2)8-4-9(6-11-5-8)10-12-13-14-15(10)3/h4,6-8H,5H2,1-3H3. The Morgan fingerprint density at radius 3 is 2.87 bits per heavy atom. The number of aryl methyl sites for hydroxylation is 1. The Labute approximate surface area is 88.9 Å². The van der Waals surface area contributed by atoms with Crippen molar-refractivity contribution in [2.45, 2.75) is 13.8 Å². The monoisotopic (exact) mass is 205 g/mol. The van der Waals surface area contributed by atoms with Crippen LogP contribution in [0.4, 0.5) is 0 Å². The van der Waals surface area contributed by atoms with Crippen molar-refractivity contribution < 1.29 is 0 Å². The predicted octanol–water partition coefficient (Wildman–Crippen LogP) is 0.950. The highest BCUT2D eigenvalue weighted by Gasteiger charge is 2.17. The Kier molecular flexibility index (Phi) is 2.62. The fourth-order valence-electron chi connectivity index (χ4n) is 1.61. The molecule has 0 saturated carbocycles. The van der Waals surface area contributed by atoms with Crippen molar-refractivity contribution in [2.24, 2.45) is 23.9 Å². The van der Waals surface area contributed by atoms with E-state index in [9.17, 15) is 0 Å². The van der Waals surface area contributed by atoms with Crippen molar-refractivity contribution in [1.82, 2.24) is 20.2 Å². The van der Waals surface area contributed by atoms with Gasteiger partial charge in [-0.3, -0.25) is 4.99 Å². The molecule has 0 aromatic carbocycles. The molecule has 1 aliphatic rings. The maximum absolute atomic E-state index is 4.36. The number of nitrogens with zero attached hydrogens (tertiary/aromatic N) is 5. The minimum absolute atomic E-state index is 0.488. The van der Waals surface area contributed by atoms with Crippen LogP contribution in [0, 0.1) is 11.8 Å². The van der Waals surface area contributed by atoms with Crippen LogP contribution >= 0.6 is 0 Å². The van der Waals surface area contributed by atoms with Gasteiger partial charge in [0.15, 0.2) is 5.82 Å². The first-order chi connectivity index (χ1) is 7.18. The molecule has 1 aliphatic heterocycles. The molecule has 1 aromatic heterocycles. The van der Waals surface area contributed by atoms with E-state index < -0.39 is 0 Å². The van der Waals surface area contributed by atoms with E-state index in [1.807, 2.05) is 13.3 Å². The van der Waals surface area contributed by atoms with Crippen molar-refractivity contribution in [3.63, 3.8) is 0 Å². The first kappa shape index (κ1) is 10.0. The van der Waals surface area contributed by atoms with Gasteiger partial charge in [0.25, 0.3) is 0 Å². The molecule has 0 fully saturated rings. The van der Waals surface area contributed by atoms with E-state index in [1.54, 1.807) is 4.68 Å². The van der Waals surface area contributed by atoms with Gasteiger partial charge in [0.1, 0.15) is 0 Å². The predicted molar refractivity (Wildman–Crippen MR) is 58.5 cm³/mol. The molecule has 1 aromatic rings. The Morgan fingerprint density at radius 2 is 2.27 bits per heavy atom. The van der Waals surface area contributed by atoms with Crippen LogP contribution in [0.15, 0.2) is 11.1 Å². The molecule has 80 valence electrons. The van der Waals surface area contributed by atoms with Crippen LogP contribution in [0.5, 0.6) is 0 Å². The van der Waals surface area contributed by atoms with Crippen molar-refractivity contribution in [3.8, 4) is 0 Å². The summed E-state index contributed by atoms with van der Waals surface area (Å²) in [7, 11) is 1.84. The zero-order chi connectivity index (χ0) is 10.8. The lowest BCUT2D eigenvalue weighted by Crippen LogP contribution is -2.15. The fraction of sp³-hybridized carbons (Fsp3) is 0.600. The molecule has 0 saturated heterocycles. The number of aromatic nitrogens is 4. The van der Waals surface area contributed by atoms with Crippen LogP contribution in [0.2, 0.25) is 0 Å². The second-order valence-electron chi connectivity index (χ2n) is 4.15. The third kappa shape index (κ3) is 1.95. The molecule has 0 spiro atoms. The number of hydrogen-bond donors (Lipinski definition) is 0. The van der Waals surface area contributed by atoms with Gasteiger partial charge in [-0.25, -0.2) is 4.68 Å². The maximum Gasteiger partial charge on any atom is 0.182 e. The fourth-order valence-corrected chi connectivity index (χ4v) is 1.61. The Balaban J connectivity index is 2.30. The highest BCUT2D eigenvalue weighted by Crippen LogP contribution is 2.21. The summed E-state index contributed by atoms with van der Waals surface area (Å²) in [6, 6.07) is 0. The number of dihydropyridines is 1. The number of aliphatic imine (C=N–C) groups is 1. The SMILES string of the molecule is CC(C)C1C=C(c2nnnn2C)C=NC1. The van der Waals surface area contributed by atoms with Gasteiger partial charge in [0.2, 0.25) is 0 Å². The molecule has 0 bridgehead atoms. The third-order valence-corrected chi connectivity index (χ3v) is 2.67. The topological polar surface area (TPSA) is 56.0 Å². The molecule has 5 nitrogen and oxygen atoms in total. The van der Waals surface area contributed by atoms with E-state index in [0.717, 1.165) is 17.9 Å². The highest BCUT2D eigenvalue weighted by atomic mass is 15.5. The lowest BCUT2D eigenvalue weighted by molar-refractivity contribution is 0.475. The van der Waals surface area contributed by atoms with Crippen LogP contribution in [0.1, 0.15) is 19.7 Å². The highest BCUT2D eigenvalue weighted by molar-refractivity contribution is 6.08. The quantitative estimate of drug-likeness (QED) is 0.722. The van der Waals surface area contributed by atoms with Gasteiger partial charge < -0.3 is 0 Å². The summed E-state index contributed by atoms with van der Waals surface area (Å²) in [6.07, 6.45) is 4.06. The molecule has 0 radical (unpaired) electrons. The molecule has 2 heterocycles. The average molecular weight is 205 g/mol. The lowest BCUT2D eigenvalue weighted by Gasteiger charge is -2.18. The average Bonchev–Trinajstić information content (AvgIpc) is 2.64. The van der Waals surface area contributed by atoms with E-state index in [2.05, 4.69) is 40.4 Å². The summed E-state index contributed by atoms with van der Waals surface area (Å²) in [6.45, 7) is 5.27. The molecule has 1 unspecified atom stereocenters. The normalized spacial score (nSPS) is 20.8. The molecular formula is C10H15N5. The van der Waals surface area contributed by atoms with Crippen LogP contribution in [0.3, 0.4) is 0 Å². The molecule has 0 N–H and O–H groups in total. The zero-order valence-corrected chi connectivity index (χ0v) is 9.25. The van der Waals surface area contributed by atoms with E-state index in [-0.39, 0.29) is 0 Å². The molecule has 1 atom stereocenters. The number of allylic oxidation sites excluding steroid dienone is 1. The van der Waals surface area contributed by atoms with Crippen molar-refractivity contribution in [1.29, 1.82) is 0 Å². The minimum atomic E-state index is 0.488. The van der Waals surface area contributed by atoms with Crippen LogP contribution in [-0.4, -0.2) is 33.0 Å². The van der Waals surface area contributed by atoms with Gasteiger partial charge in [-0.2, -0.15) is 0 Å². The smallest absolute Gasteiger partial charge is 0.182 e. The molecule has 0 aliphatic carbocycles. The van der Waals surface area contributed by atoms with Crippen molar-refractivity contribution in [3.05, 3.63) is 11.9 Å². The Bertz CT molecular complexity index is 402. The summed E-state index contributed by atoms with van der Waals surface area (Å²) < 4.78 is 1.67. The number of rotatable bonds is 2. The van der Waals surface area contributed by atoms with Crippen molar-refractivity contribution in [2.75, 3.05) is 6.54 Å². The second kappa shape index (κ2) is 3.92. The lowest BCUT2D eigenvalue weighted by atomic mass is 9.92. The van der Waals surface area contributed by atoms with Crippen LogP contribution in [-0.2, 0) is 7.05 Å². The molecule has 0 amide bonds. The van der Waals surface area contributed by atoms with Crippen molar-refractivity contribution >= 4 is 11.8 Å². The van der Waals surface area contributed by atoms with Gasteiger partial charge in [-0.15, -0.1) is 5.10 Å². The summed E-state index contributed by atoms with van der Waals surface area (Å²) in [5.74, 6) is 1.87. The van der Waals surface area contributed by atoms with E-state index in [1.165, 1.54) is 0 Å². The first-order valence-corrected chi connectivity index (χ1v) is 5.13. The zero-order valence-electron chi connectivity index (χ0n) is 9.25. The van der Waals surface area contributed by atoms with E-state index in [0.29, 0.717) is 11.8 Å². The van der Waals surface area contributed by atoms with Crippen LogP contribution in [0.25, 0.3) is 5.57 Å². The summed E-state index contributed by atoms with van der Waals surface area (Å²) in [5.41, 5.74) is 1.02. The van der Waals surface area contributed by atoms with Gasteiger partial charge >= 0.3 is 0 Å². The number of tetrazole rings is 1. The molecule has 2 rings (SSSR count). The Morgan fingerprint density at radius 1 is 1.47 bits per heavy atom. The summed E-state index contributed by atoms with van der Waals surface area (Å²) in [4.78, 5) is 4.36. The van der Waals surface area contributed by atoms with Gasteiger partial charge in [-0.05, 0) is 22.3 Å². The first-order valence-electron chi connectivity index (χ1n) is 5.13. The number of hydrogen-bond acceptors (Lipinski definition) is 4. The second-order valence-corrected chi connectivity index (χ2v) is 4.15. The largest absolute Gasteiger partial charge is 0.292 e. The minimum Gasteiger partial charge on any atom is -0.292 e. The summed E-state index contributed by atoms with van der Waals surface area (Å²) >= 11 is 0. The molecule has 15 heavy (non-hydrogen) atoms. The summed E-state index contributed by atoms with van der Waals surface area (Å²) in [5, 5.41) is 11.4. The third-order valence-electron chi connectivity index (χ3n) is 2.67. The maximum atomic E-state index is 4.36. The molecular weight excluding hydrogens is 190 g/mol. The Hall–Kier alpha value is -1.52. The van der Waals surface area contributed by atoms with Gasteiger partial charge in [0, 0.05) is 25.4 Å². The molecule has 5 heteroatoms. The van der Waals surface area contributed by atoms with E-state index >= 15 is 0 Å². The van der Waals surface area contributed by atoms with Crippen LogP contribution < -0.4 is 0 Å². The van der Waals surface area contributed by atoms with Gasteiger partial charge in [0.05, 0.1) is 0 Å².